The number of anilines is 1. The first kappa shape index (κ1) is 21.3. The second kappa shape index (κ2) is 8.53. The van der Waals surface area contributed by atoms with E-state index < -0.39 is 5.91 Å². The third-order valence-electron chi connectivity index (χ3n) is 4.53. The van der Waals surface area contributed by atoms with Gasteiger partial charge in [0, 0.05) is 17.8 Å². The number of carbonyl (C=O) groups is 2. The van der Waals surface area contributed by atoms with E-state index in [0.717, 1.165) is 16.7 Å². The molecule has 0 saturated heterocycles. The number of rotatable bonds is 5. The normalized spacial score (nSPS) is 10.9. The number of aryl methyl sites for hydroxylation is 3. The van der Waals surface area contributed by atoms with E-state index in [1.807, 2.05) is 46.8 Å². The van der Waals surface area contributed by atoms with Gasteiger partial charge >= 0.3 is 0 Å². The van der Waals surface area contributed by atoms with E-state index in [-0.39, 0.29) is 23.2 Å². The van der Waals surface area contributed by atoms with Gasteiger partial charge in [-0.3, -0.25) is 9.59 Å². The predicted molar refractivity (Wildman–Crippen MR) is 118 cm³/mol. The zero-order chi connectivity index (χ0) is 22.0. The minimum atomic E-state index is -0.435. The van der Waals surface area contributed by atoms with Crippen molar-refractivity contribution < 1.29 is 9.59 Å². The molecule has 8 heteroatoms. The standard InChI is InChI=1S/C22H24BN5O2/c1-12(2)25-21(29)16-10-13(3)9-15(5)19(16)26-22(30)17-11-18(23)27-28(17)20-14(4)7-6-8-24-20/h6-12H,1-5H3,(H,25,29)(H,26,30). The molecule has 2 N–H and O–H groups in total. The Hall–Kier alpha value is -3.42. The first-order valence-electron chi connectivity index (χ1n) is 9.68. The molecule has 0 aliphatic rings. The maximum atomic E-state index is 13.2. The van der Waals surface area contributed by atoms with Crippen LogP contribution in [-0.2, 0) is 0 Å². The molecule has 0 aliphatic carbocycles. The minimum Gasteiger partial charge on any atom is -0.350 e. The van der Waals surface area contributed by atoms with E-state index in [1.165, 1.54) is 10.7 Å². The summed E-state index contributed by atoms with van der Waals surface area (Å²) in [7, 11) is 5.88. The number of hydrogen-bond acceptors (Lipinski definition) is 4. The Morgan fingerprint density at radius 2 is 1.80 bits per heavy atom. The number of nitrogens with zero attached hydrogens (tertiary/aromatic N) is 3. The smallest absolute Gasteiger partial charge is 0.274 e. The van der Waals surface area contributed by atoms with Crippen molar-refractivity contribution in [2.45, 2.75) is 40.7 Å². The van der Waals surface area contributed by atoms with Gasteiger partial charge in [0.15, 0.2) is 5.82 Å². The van der Waals surface area contributed by atoms with E-state index in [0.29, 0.717) is 17.1 Å². The van der Waals surface area contributed by atoms with Crippen LogP contribution >= 0.6 is 0 Å². The zero-order valence-electron chi connectivity index (χ0n) is 17.8. The highest BCUT2D eigenvalue weighted by Crippen LogP contribution is 2.24. The number of benzene rings is 1. The van der Waals surface area contributed by atoms with Gasteiger partial charge in [-0.2, -0.15) is 5.10 Å². The third kappa shape index (κ3) is 4.43. The molecule has 2 aromatic heterocycles. The molecule has 0 saturated carbocycles. The fraction of sp³-hybridized carbons (Fsp3) is 0.273. The van der Waals surface area contributed by atoms with Crippen LogP contribution in [0.4, 0.5) is 5.69 Å². The Morgan fingerprint density at radius 3 is 2.47 bits per heavy atom. The van der Waals surface area contributed by atoms with E-state index >= 15 is 0 Å². The maximum absolute atomic E-state index is 13.2. The van der Waals surface area contributed by atoms with Crippen LogP contribution < -0.4 is 16.2 Å². The van der Waals surface area contributed by atoms with Gasteiger partial charge in [-0.05, 0) is 69.5 Å². The maximum Gasteiger partial charge on any atom is 0.274 e. The molecule has 3 aromatic rings. The van der Waals surface area contributed by atoms with Gasteiger partial charge in [-0.15, -0.1) is 0 Å². The average molecular weight is 401 g/mol. The Morgan fingerprint density at radius 1 is 1.07 bits per heavy atom. The molecule has 0 atom stereocenters. The summed E-state index contributed by atoms with van der Waals surface area (Å²) in [6.45, 7) is 9.40. The van der Waals surface area contributed by atoms with Crippen LogP contribution in [0.2, 0.25) is 0 Å². The third-order valence-corrected chi connectivity index (χ3v) is 4.53. The van der Waals surface area contributed by atoms with Crippen LogP contribution in [0.25, 0.3) is 5.82 Å². The molecule has 0 bridgehead atoms. The molecule has 7 nitrogen and oxygen atoms in total. The highest BCUT2D eigenvalue weighted by Gasteiger charge is 2.21. The molecule has 0 aliphatic heterocycles. The topological polar surface area (TPSA) is 88.9 Å². The van der Waals surface area contributed by atoms with E-state index in [4.69, 9.17) is 7.85 Å². The fourth-order valence-electron chi connectivity index (χ4n) is 3.25. The van der Waals surface area contributed by atoms with Gasteiger partial charge in [0.05, 0.1) is 11.3 Å². The van der Waals surface area contributed by atoms with Crippen LogP contribution in [0.5, 0.6) is 0 Å². The van der Waals surface area contributed by atoms with Crippen molar-refractivity contribution in [3.63, 3.8) is 0 Å². The summed E-state index contributed by atoms with van der Waals surface area (Å²) in [5.41, 5.74) is 3.84. The Labute approximate surface area is 177 Å². The molecule has 3 rings (SSSR count). The van der Waals surface area contributed by atoms with Crippen molar-refractivity contribution in [3.8, 4) is 5.82 Å². The molecule has 152 valence electrons. The van der Waals surface area contributed by atoms with Crippen LogP contribution in [0.1, 0.15) is 51.4 Å². The van der Waals surface area contributed by atoms with Gasteiger partial charge < -0.3 is 10.6 Å². The van der Waals surface area contributed by atoms with Crippen LogP contribution in [0.15, 0.2) is 36.5 Å². The highest BCUT2D eigenvalue weighted by atomic mass is 16.2. The lowest BCUT2D eigenvalue weighted by molar-refractivity contribution is 0.0944. The number of nitrogens with one attached hydrogen (secondary N) is 2. The predicted octanol–water partition coefficient (Wildman–Crippen LogP) is 2.38. The molecule has 2 heterocycles. The fourth-order valence-corrected chi connectivity index (χ4v) is 3.25. The van der Waals surface area contributed by atoms with Gasteiger partial charge in [0.2, 0.25) is 0 Å². The van der Waals surface area contributed by atoms with E-state index in [1.54, 1.807) is 18.3 Å². The van der Waals surface area contributed by atoms with Crippen LogP contribution in [0, 0.1) is 20.8 Å². The molecule has 0 unspecified atom stereocenters. The summed E-state index contributed by atoms with van der Waals surface area (Å²) in [6.07, 6.45) is 1.63. The van der Waals surface area contributed by atoms with Crippen LogP contribution in [-0.4, -0.2) is 40.5 Å². The number of amides is 2. The monoisotopic (exact) mass is 401 g/mol. The number of aromatic nitrogens is 3. The lowest BCUT2D eigenvalue weighted by Gasteiger charge is -2.17. The van der Waals surface area contributed by atoms with Crippen molar-refractivity contribution in [1.82, 2.24) is 20.1 Å². The first-order valence-corrected chi connectivity index (χ1v) is 9.68. The molecule has 30 heavy (non-hydrogen) atoms. The van der Waals surface area contributed by atoms with Crippen molar-refractivity contribution in [2.24, 2.45) is 0 Å². The second-order valence-corrected chi connectivity index (χ2v) is 7.60. The summed E-state index contributed by atoms with van der Waals surface area (Å²) in [5.74, 6) is -0.173. The first-order chi connectivity index (χ1) is 14.2. The van der Waals surface area contributed by atoms with Crippen molar-refractivity contribution in [2.75, 3.05) is 5.32 Å². The molecule has 0 spiro atoms. The Kier molecular flexibility index (Phi) is 6.05. The number of hydrogen-bond donors (Lipinski definition) is 2. The number of pyridine rings is 1. The Bertz CT molecular complexity index is 1120. The summed E-state index contributed by atoms with van der Waals surface area (Å²) in [6, 6.07) is 8.81. The molecule has 1 aromatic carbocycles. The lowest BCUT2D eigenvalue weighted by Crippen LogP contribution is -2.31. The van der Waals surface area contributed by atoms with Crippen molar-refractivity contribution in [3.05, 3.63) is 64.5 Å². The van der Waals surface area contributed by atoms with Gasteiger partial charge in [-0.25, -0.2) is 9.67 Å². The zero-order valence-corrected chi connectivity index (χ0v) is 17.8. The highest BCUT2D eigenvalue weighted by molar-refractivity contribution is 6.31. The quantitative estimate of drug-likeness (QED) is 0.643. The summed E-state index contributed by atoms with van der Waals surface area (Å²) in [5, 5.41) is 9.98. The molecule has 2 radical (unpaired) electrons. The van der Waals surface area contributed by atoms with E-state index in [9.17, 15) is 9.59 Å². The minimum absolute atomic E-state index is 0.0322. The average Bonchev–Trinajstić information content (AvgIpc) is 3.05. The molecular formula is C22H24BN5O2. The van der Waals surface area contributed by atoms with Gasteiger partial charge in [0.1, 0.15) is 13.5 Å². The molecular weight excluding hydrogens is 377 g/mol. The summed E-state index contributed by atoms with van der Waals surface area (Å²) >= 11 is 0. The molecule has 2 amide bonds. The van der Waals surface area contributed by atoms with Crippen LogP contribution in [0.3, 0.4) is 0 Å². The largest absolute Gasteiger partial charge is 0.350 e. The Balaban J connectivity index is 2.02. The lowest BCUT2D eigenvalue weighted by atomic mass is 10.0. The molecule has 0 fully saturated rings. The second-order valence-electron chi connectivity index (χ2n) is 7.60. The summed E-state index contributed by atoms with van der Waals surface area (Å²) < 4.78 is 1.41. The van der Waals surface area contributed by atoms with E-state index in [2.05, 4.69) is 20.7 Å². The van der Waals surface area contributed by atoms with Crippen molar-refractivity contribution in [1.29, 1.82) is 0 Å². The van der Waals surface area contributed by atoms with Gasteiger partial charge in [-0.1, -0.05) is 12.1 Å². The summed E-state index contributed by atoms with van der Waals surface area (Å²) in [4.78, 5) is 30.2. The number of carbonyl (C=O) groups excluding carboxylic acids is 2. The van der Waals surface area contributed by atoms with Gasteiger partial charge in [0.25, 0.3) is 11.8 Å². The van der Waals surface area contributed by atoms with Crippen molar-refractivity contribution >= 4 is 30.9 Å². The SMILES string of the molecule is [B]c1cc(C(=O)Nc2c(C)cc(C)cc2C(=O)NC(C)C)n(-c2ncccc2C)n1.